The summed E-state index contributed by atoms with van der Waals surface area (Å²) in [5, 5.41) is 10.8. The number of hydrogen-bond donors (Lipinski definition) is 1. The number of fused-ring (bicyclic) bond motifs is 1. The Hall–Kier alpha value is -1.55. The fourth-order valence-corrected chi connectivity index (χ4v) is 2.30. The van der Waals surface area contributed by atoms with Crippen LogP contribution in [0.2, 0.25) is 0 Å². The lowest BCUT2D eigenvalue weighted by atomic mass is 10.2. The lowest BCUT2D eigenvalue weighted by Crippen LogP contribution is -2.11. The van der Waals surface area contributed by atoms with E-state index in [1.807, 2.05) is 36.4 Å². The molecule has 4 heteroatoms. The predicted molar refractivity (Wildman–Crippen MR) is 69.3 cm³/mol. The summed E-state index contributed by atoms with van der Waals surface area (Å²) < 4.78 is 0. The zero-order valence-electron chi connectivity index (χ0n) is 9.46. The van der Waals surface area contributed by atoms with Crippen LogP contribution < -0.4 is 0 Å². The first-order chi connectivity index (χ1) is 8.16. The van der Waals surface area contributed by atoms with E-state index in [4.69, 9.17) is 5.11 Å². The van der Waals surface area contributed by atoms with Gasteiger partial charge in [-0.3, -0.25) is 4.79 Å². The number of thioether (sulfide) groups is 1. The van der Waals surface area contributed by atoms with Crippen LogP contribution in [0.15, 0.2) is 41.4 Å². The minimum absolute atomic E-state index is 0.353. The summed E-state index contributed by atoms with van der Waals surface area (Å²) in [6.07, 6.45) is 0. The van der Waals surface area contributed by atoms with Crippen LogP contribution >= 0.6 is 11.8 Å². The Kier molecular flexibility index (Phi) is 3.64. The van der Waals surface area contributed by atoms with Gasteiger partial charge < -0.3 is 5.11 Å². The molecule has 1 aromatic heterocycles. The van der Waals surface area contributed by atoms with E-state index in [2.05, 4.69) is 4.98 Å². The number of aliphatic carboxylic acids is 1. The third-order valence-corrected chi connectivity index (χ3v) is 3.67. The second-order valence-electron chi connectivity index (χ2n) is 3.89. The minimum Gasteiger partial charge on any atom is -0.481 e. The molecular formula is C13H13NO2S. The van der Waals surface area contributed by atoms with Gasteiger partial charge in [-0.2, -0.15) is 0 Å². The molecule has 0 bridgehead atoms. The van der Waals surface area contributed by atoms with Crippen molar-refractivity contribution in [2.24, 2.45) is 5.92 Å². The Balaban J connectivity index is 2.12. The van der Waals surface area contributed by atoms with E-state index in [1.54, 1.807) is 6.92 Å². The number of benzene rings is 1. The van der Waals surface area contributed by atoms with E-state index in [0.29, 0.717) is 5.75 Å². The highest BCUT2D eigenvalue weighted by Gasteiger charge is 2.11. The van der Waals surface area contributed by atoms with Gasteiger partial charge in [-0.15, -0.1) is 11.8 Å². The molecule has 0 aliphatic rings. The van der Waals surface area contributed by atoms with Crippen LogP contribution in [-0.2, 0) is 4.79 Å². The molecule has 0 radical (unpaired) electrons. The molecule has 0 amide bonds. The molecule has 0 saturated carbocycles. The number of hydrogen-bond acceptors (Lipinski definition) is 3. The molecule has 2 aromatic rings. The number of carbonyl (C=O) groups is 1. The highest BCUT2D eigenvalue weighted by Crippen LogP contribution is 2.21. The normalized spacial score (nSPS) is 12.5. The van der Waals surface area contributed by atoms with Crippen molar-refractivity contribution >= 4 is 28.6 Å². The van der Waals surface area contributed by atoms with Gasteiger partial charge in [0.1, 0.15) is 0 Å². The third kappa shape index (κ3) is 2.97. The van der Waals surface area contributed by atoms with Gasteiger partial charge >= 0.3 is 5.97 Å². The van der Waals surface area contributed by atoms with E-state index in [0.717, 1.165) is 15.9 Å². The monoisotopic (exact) mass is 247 g/mol. The molecule has 17 heavy (non-hydrogen) atoms. The molecule has 1 aromatic carbocycles. The smallest absolute Gasteiger partial charge is 0.307 e. The maximum atomic E-state index is 10.7. The van der Waals surface area contributed by atoms with Gasteiger partial charge in [0, 0.05) is 11.1 Å². The lowest BCUT2D eigenvalue weighted by Gasteiger charge is -2.05. The minimum atomic E-state index is -0.765. The Morgan fingerprint density at radius 2 is 2.12 bits per heavy atom. The lowest BCUT2D eigenvalue weighted by molar-refractivity contribution is -0.140. The first-order valence-electron chi connectivity index (χ1n) is 5.38. The zero-order valence-corrected chi connectivity index (χ0v) is 10.3. The van der Waals surface area contributed by atoms with Crippen LogP contribution in [0, 0.1) is 5.92 Å². The molecule has 1 N–H and O–H groups in total. The molecule has 88 valence electrons. The first kappa shape index (κ1) is 11.9. The van der Waals surface area contributed by atoms with Crippen LogP contribution in [0.1, 0.15) is 6.92 Å². The van der Waals surface area contributed by atoms with Crippen molar-refractivity contribution < 1.29 is 9.90 Å². The molecule has 3 nitrogen and oxygen atoms in total. The predicted octanol–water partition coefficient (Wildman–Crippen LogP) is 3.05. The van der Waals surface area contributed by atoms with Crippen LogP contribution in [-0.4, -0.2) is 21.8 Å². The van der Waals surface area contributed by atoms with Gasteiger partial charge in [0.25, 0.3) is 0 Å². The summed E-state index contributed by atoms with van der Waals surface area (Å²) in [5.74, 6) is -0.577. The van der Waals surface area contributed by atoms with Crippen LogP contribution in [0.25, 0.3) is 10.9 Å². The number of carboxylic acid groups (broad SMARTS) is 1. The molecule has 1 unspecified atom stereocenters. The van der Waals surface area contributed by atoms with Gasteiger partial charge in [0.15, 0.2) is 0 Å². The highest BCUT2D eigenvalue weighted by atomic mass is 32.2. The van der Waals surface area contributed by atoms with Crippen molar-refractivity contribution in [3.63, 3.8) is 0 Å². The molecule has 1 atom stereocenters. The number of pyridine rings is 1. The Morgan fingerprint density at radius 3 is 2.88 bits per heavy atom. The molecule has 2 rings (SSSR count). The molecule has 0 aliphatic heterocycles. The molecule has 0 aliphatic carbocycles. The van der Waals surface area contributed by atoms with Gasteiger partial charge in [-0.1, -0.05) is 31.2 Å². The number of aromatic nitrogens is 1. The number of carboxylic acids is 1. The Morgan fingerprint density at radius 1 is 1.35 bits per heavy atom. The van der Waals surface area contributed by atoms with Crippen LogP contribution in [0.3, 0.4) is 0 Å². The van der Waals surface area contributed by atoms with Gasteiger partial charge in [-0.25, -0.2) is 4.98 Å². The maximum absolute atomic E-state index is 10.7. The van der Waals surface area contributed by atoms with Crippen molar-refractivity contribution in [2.75, 3.05) is 5.75 Å². The molecular weight excluding hydrogens is 234 g/mol. The average molecular weight is 247 g/mol. The second kappa shape index (κ2) is 5.19. The SMILES string of the molecule is CC(CSc1ccc2ccccc2n1)C(=O)O. The van der Waals surface area contributed by atoms with E-state index < -0.39 is 5.97 Å². The van der Waals surface area contributed by atoms with Crippen molar-refractivity contribution in [1.29, 1.82) is 0 Å². The quantitative estimate of drug-likeness (QED) is 0.844. The van der Waals surface area contributed by atoms with E-state index in [9.17, 15) is 4.79 Å². The van der Waals surface area contributed by atoms with Crippen molar-refractivity contribution in [1.82, 2.24) is 4.98 Å². The summed E-state index contributed by atoms with van der Waals surface area (Å²) in [4.78, 5) is 15.2. The molecule has 1 heterocycles. The summed E-state index contributed by atoms with van der Waals surface area (Å²) in [6.45, 7) is 1.70. The van der Waals surface area contributed by atoms with E-state index in [-0.39, 0.29) is 5.92 Å². The summed E-state index contributed by atoms with van der Waals surface area (Å²) in [6, 6.07) is 11.8. The zero-order chi connectivity index (χ0) is 12.3. The third-order valence-electron chi connectivity index (χ3n) is 2.48. The average Bonchev–Trinajstić information content (AvgIpc) is 2.35. The fraction of sp³-hybridized carbons (Fsp3) is 0.231. The standard InChI is InChI=1S/C13H13NO2S/c1-9(13(15)16)8-17-12-7-6-10-4-2-3-5-11(10)14-12/h2-7,9H,8H2,1H3,(H,15,16). The van der Waals surface area contributed by atoms with Crippen molar-refractivity contribution in [3.05, 3.63) is 36.4 Å². The fourth-order valence-electron chi connectivity index (χ4n) is 1.41. The van der Waals surface area contributed by atoms with Crippen molar-refractivity contribution in [2.45, 2.75) is 11.9 Å². The molecule has 0 saturated heterocycles. The second-order valence-corrected chi connectivity index (χ2v) is 4.93. The first-order valence-corrected chi connectivity index (χ1v) is 6.37. The van der Waals surface area contributed by atoms with Gasteiger partial charge in [0.05, 0.1) is 16.5 Å². The highest BCUT2D eigenvalue weighted by molar-refractivity contribution is 7.99. The van der Waals surface area contributed by atoms with Crippen molar-refractivity contribution in [3.8, 4) is 0 Å². The van der Waals surface area contributed by atoms with E-state index >= 15 is 0 Å². The number of para-hydroxylation sites is 1. The van der Waals surface area contributed by atoms with Crippen LogP contribution in [0.5, 0.6) is 0 Å². The Bertz CT molecular complexity index is 542. The number of rotatable bonds is 4. The summed E-state index contributed by atoms with van der Waals surface area (Å²) >= 11 is 1.48. The largest absolute Gasteiger partial charge is 0.481 e. The topological polar surface area (TPSA) is 50.2 Å². The Labute approximate surface area is 104 Å². The molecule has 0 fully saturated rings. The maximum Gasteiger partial charge on any atom is 0.307 e. The summed E-state index contributed by atoms with van der Waals surface area (Å²) in [7, 11) is 0. The summed E-state index contributed by atoms with van der Waals surface area (Å²) in [5.41, 5.74) is 0.945. The number of nitrogens with zero attached hydrogens (tertiary/aromatic N) is 1. The molecule has 0 spiro atoms. The van der Waals surface area contributed by atoms with Crippen LogP contribution in [0.4, 0.5) is 0 Å². The van der Waals surface area contributed by atoms with E-state index in [1.165, 1.54) is 11.8 Å². The van der Waals surface area contributed by atoms with Gasteiger partial charge in [-0.05, 0) is 12.1 Å². The van der Waals surface area contributed by atoms with Gasteiger partial charge in [0.2, 0.25) is 0 Å².